The third-order valence-electron chi connectivity index (χ3n) is 3.18. The zero-order chi connectivity index (χ0) is 14.0. The van der Waals surface area contributed by atoms with Gasteiger partial charge in [0.15, 0.2) is 0 Å². The van der Waals surface area contributed by atoms with Crippen molar-refractivity contribution in [1.29, 1.82) is 0 Å². The van der Waals surface area contributed by atoms with Gasteiger partial charge in [-0.3, -0.25) is 0 Å². The van der Waals surface area contributed by atoms with Crippen molar-refractivity contribution in [2.75, 3.05) is 0 Å². The van der Waals surface area contributed by atoms with Crippen molar-refractivity contribution in [1.82, 2.24) is 10.2 Å². The van der Waals surface area contributed by atoms with Gasteiger partial charge in [0.2, 0.25) is 0 Å². The maximum atomic E-state index is 13.9. The van der Waals surface area contributed by atoms with Crippen molar-refractivity contribution in [2.24, 2.45) is 5.73 Å². The number of nitrogens with zero attached hydrogens (tertiary/aromatic N) is 2. The first kappa shape index (κ1) is 13.6. The lowest BCUT2D eigenvalue weighted by Gasteiger charge is -2.17. The van der Waals surface area contributed by atoms with Gasteiger partial charge in [0.25, 0.3) is 0 Å². The SMILES string of the molecule is CCc1nnc(C)cc1C(N)c1cc(C)ccc1F. The Bertz CT molecular complexity index is 596. The van der Waals surface area contributed by atoms with Gasteiger partial charge >= 0.3 is 0 Å². The fourth-order valence-electron chi connectivity index (χ4n) is 2.15. The molecular weight excluding hydrogens is 241 g/mol. The van der Waals surface area contributed by atoms with Crippen LogP contribution in [0, 0.1) is 19.7 Å². The van der Waals surface area contributed by atoms with Crippen LogP contribution < -0.4 is 5.73 Å². The molecule has 2 N–H and O–H groups in total. The van der Waals surface area contributed by atoms with E-state index in [1.807, 2.05) is 26.8 Å². The van der Waals surface area contributed by atoms with Gasteiger partial charge < -0.3 is 5.73 Å². The van der Waals surface area contributed by atoms with E-state index in [1.54, 1.807) is 12.1 Å². The Hall–Kier alpha value is -1.81. The summed E-state index contributed by atoms with van der Waals surface area (Å²) in [6.45, 7) is 5.77. The second kappa shape index (κ2) is 5.45. The maximum absolute atomic E-state index is 13.9. The summed E-state index contributed by atoms with van der Waals surface area (Å²) in [6, 6.07) is 6.36. The molecule has 0 saturated carbocycles. The summed E-state index contributed by atoms with van der Waals surface area (Å²) in [5.41, 5.74) is 10.2. The lowest BCUT2D eigenvalue weighted by Crippen LogP contribution is -2.17. The quantitative estimate of drug-likeness (QED) is 0.922. The van der Waals surface area contributed by atoms with E-state index < -0.39 is 6.04 Å². The molecular formula is C15H18FN3. The second-order valence-corrected chi connectivity index (χ2v) is 4.74. The highest BCUT2D eigenvalue weighted by atomic mass is 19.1. The number of nitrogens with two attached hydrogens (primary N) is 1. The molecule has 0 radical (unpaired) electrons. The van der Waals surface area contributed by atoms with Crippen molar-refractivity contribution in [3.63, 3.8) is 0 Å². The van der Waals surface area contributed by atoms with E-state index in [2.05, 4.69) is 10.2 Å². The topological polar surface area (TPSA) is 51.8 Å². The van der Waals surface area contributed by atoms with E-state index in [0.717, 1.165) is 28.9 Å². The van der Waals surface area contributed by atoms with E-state index in [0.29, 0.717) is 5.56 Å². The minimum Gasteiger partial charge on any atom is -0.320 e. The molecule has 0 saturated heterocycles. The van der Waals surface area contributed by atoms with Gasteiger partial charge in [-0.1, -0.05) is 24.6 Å². The standard InChI is InChI=1S/C15H18FN3/c1-4-14-12(8-10(3)18-19-14)15(17)11-7-9(2)5-6-13(11)16/h5-8,15H,4,17H2,1-3H3. The number of aromatic nitrogens is 2. The molecule has 1 aromatic carbocycles. The zero-order valence-electron chi connectivity index (χ0n) is 11.4. The normalized spacial score (nSPS) is 12.5. The molecule has 1 heterocycles. The van der Waals surface area contributed by atoms with E-state index in [4.69, 9.17) is 5.73 Å². The summed E-state index contributed by atoms with van der Waals surface area (Å²) >= 11 is 0. The Morgan fingerprint density at radius 1 is 1.16 bits per heavy atom. The highest BCUT2D eigenvalue weighted by Crippen LogP contribution is 2.25. The molecule has 0 bridgehead atoms. The Morgan fingerprint density at radius 3 is 2.58 bits per heavy atom. The largest absolute Gasteiger partial charge is 0.320 e. The molecule has 0 fully saturated rings. The molecule has 4 heteroatoms. The summed E-state index contributed by atoms with van der Waals surface area (Å²) in [7, 11) is 0. The molecule has 0 spiro atoms. The molecule has 19 heavy (non-hydrogen) atoms. The smallest absolute Gasteiger partial charge is 0.128 e. The van der Waals surface area contributed by atoms with Crippen molar-refractivity contribution >= 4 is 0 Å². The van der Waals surface area contributed by atoms with E-state index in [1.165, 1.54) is 6.07 Å². The molecule has 2 rings (SSSR count). The van der Waals surface area contributed by atoms with Crippen LogP contribution in [0.15, 0.2) is 24.3 Å². The number of hydrogen-bond donors (Lipinski definition) is 1. The van der Waals surface area contributed by atoms with Gasteiger partial charge in [-0.2, -0.15) is 10.2 Å². The Labute approximate surface area is 112 Å². The van der Waals surface area contributed by atoms with Crippen LogP contribution in [0.3, 0.4) is 0 Å². The minimum absolute atomic E-state index is 0.283. The van der Waals surface area contributed by atoms with Gasteiger partial charge in [-0.05, 0) is 38.0 Å². The number of hydrogen-bond acceptors (Lipinski definition) is 3. The zero-order valence-corrected chi connectivity index (χ0v) is 11.4. The van der Waals surface area contributed by atoms with Gasteiger partial charge in [-0.15, -0.1) is 0 Å². The first-order valence-electron chi connectivity index (χ1n) is 6.37. The summed E-state index contributed by atoms with van der Waals surface area (Å²) in [5.74, 6) is -0.283. The average molecular weight is 259 g/mol. The third kappa shape index (κ3) is 2.79. The summed E-state index contributed by atoms with van der Waals surface area (Å²) < 4.78 is 13.9. The number of aryl methyl sites for hydroxylation is 3. The van der Waals surface area contributed by atoms with Crippen LogP contribution in [0.25, 0.3) is 0 Å². The molecule has 0 amide bonds. The minimum atomic E-state index is -0.510. The lowest BCUT2D eigenvalue weighted by atomic mass is 9.95. The Morgan fingerprint density at radius 2 is 1.89 bits per heavy atom. The van der Waals surface area contributed by atoms with Crippen molar-refractivity contribution in [3.05, 3.63) is 58.2 Å². The second-order valence-electron chi connectivity index (χ2n) is 4.74. The van der Waals surface area contributed by atoms with E-state index >= 15 is 0 Å². The van der Waals surface area contributed by atoms with Gasteiger partial charge in [0.1, 0.15) is 5.82 Å². The predicted octanol–water partition coefficient (Wildman–Crippen LogP) is 2.84. The van der Waals surface area contributed by atoms with Crippen LogP contribution in [0.1, 0.15) is 41.0 Å². The van der Waals surface area contributed by atoms with Crippen molar-refractivity contribution in [3.8, 4) is 0 Å². The molecule has 100 valence electrons. The molecule has 1 aromatic heterocycles. The van der Waals surface area contributed by atoms with Crippen molar-refractivity contribution < 1.29 is 4.39 Å². The predicted molar refractivity (Wildman–Crippen MR) is 73.3 cm³/mol. The highest BCUT2D eigenvalue weighted by molar-refractivity contribution is 5.36. The van der Waals surface area contributed by atoms with Gasteiger partial charge in [0, 0.05) is 5.56 Å². The Balaban J connectivity index is 2.51. The fourth-order valence-corrected chi connectivity index (χ4v) is 2.15. The van der Waals surface area contributed by atoms with Gasteiger partial charge in [-0.25, -0.2) is 4.39 Å². The fraction of sp³-hybridized carbons (Fsp3) is 0.333. The van der Waals surface area contributed by atoms with Crippen LogP contribution in [0.4, 0.5) is 4.39 Å². The molecule has 2 aromatic rings. The first-order chi connectivity index (χ1) is 9.02. The number of benzene rings is 1. The monoisotopic (exact) mass is 259 g/mol. The maximum Gasteiger partial charge on any atom is 0.128 e. The third-order valence-corrected chi connectivity index (χ3v) is 3.18. The number of rotatable bonds is 3. The summed E-state index contributed by atoms with van der Waals surface area (Å²) in [5, 5.41) is 8.17. The van der Waals surface area contributed by atoms with E-state index in [9.17, 15) is 4.39 Å². The molecule has 1 unspecified atom stereocenters. The Kier molecular flexibility index (Phi) is 3.90. The molecule has 0 aliphatic heterocycles. The first-order valence-corrected chi connectivity index (χ1v) is 6.37. The lowest BCUT2D eigenvalue weighted by molar-refractivity contribution is 0.597. The molecule has 0 aliphatic rings. The van der Waals surface area contributed by atoms with Gasteiger partial charge in [0.05, 0.1) is 17.4 Å². The summed E-state index contributed by atoms with van der Waals surface area (Å²) in [6.07, 6.45) is 0.726. The molecule has 0 aliphatic carbocycles. The highest BCUT2D eigenvalue weighted by Gasteiger charge is 2.18. The van der Waals surface area contributed by atoms with Crippen LogP contribution in [-0.2, 0) is 6.42 Å². The average Bonchev–Trinajstić information content (AvgIpc) is 2.40. The van der Waals surface area contributed by atoms with E-state index in [-0.39, 0.29) is 5.82 Å². The molecule has 3 nitrogen and oxygen atoms in total. The van der Waals surface area contributed by atoms with Crippen LogP contribution >= 0.6 is 0 Å². The van der Waals surface area contributed by atoms with Crippen LogP contribution in [-0.4, -0.2) is 10.2 Å². The summed E-state index contributed by atoms with van der Waals surface area (Å²) in [4.78, 5) is 0. The van der Waals surface area contributed by atoms with Crippen molar-refractivity contribution in [2.45, 2.75) is 33.2 Å². The van der Waals surface area contributed by atoms with Crippen LogP contribution in [0.5, 0.6) is 0 Å². The number of halogens is 1. The molecule has 1 atom stereocenters. The van der Waals surface area contributed by atoms with Crippen LogP contribution in [0.2, 0.25) is 0 Å².